The van der Waals surface area contributed by atoms with Crippen LogP contribution in [0.4, 0.5) is 0 Å². The van der Waals surface area contributed by atoms with Crippen LogP contribution in [0.5, 0.6) is 0 Å². The Morgan fingerprint density at radius 2 is 2.04 bits per heavy atom. The van der Waals surface area contributed by atoms with Crippen LogP contribution >= 0.6 is 11.6 Å². The normalized spacial score (nSPS) is 11.6. The van der Waals surface area contributed by atoms with Crippen LogP contribution in [0.3, 0.4) is 0 Å². The molecule has 0 unspecified atom stereocenters. The highest BCUT2D eigenvalue weighted by molar-refractivity contribution is 6.30. The molecule has 2 aromatic rings. The highest BCUT2D eigenvalue weighted by Crippen LogP contribution is 2.10. The van der Waals surface area contributed by atoms with E-state index in [9.17, 15) is 0 Å². The van der Waals surface area contributed by atoms with Crippen LogP contribution in [-0.4, -0.2) is 42.7 Å². The average Bonchev–Trinajstić information content (AvgIpc) is 2.97. The molecule has 0 saturated carbocycles. The zero-order chi connectivity index (χ0) is 17.4. The summed E-state index contributed by atoms with van der Waals surface area (Å²) in [6.07, 6.45) is 2.05. The van der Waals surface area contributed by atoms with E-state index in [1.807, 2.05) is 50.6 Å². The molecule has 0 aliphatic heterocycles. The number of hydrogen-bond acceptors (Lipinski definition) is 2. The SMILES string of the molecule is CN=C(NCCOCc1ccc(Cl)cc1)N(C)Cc1cccn1C. The Hall–Kier alpha value is -1.98. The van der Waals surface area contributed by atoms with E-state index in [1.54, 1.807) is 7.05 Å². The van der Waals surface area contributed by atoms with Crippen molar-refractivity contribution in [3.63, 3.8) is 0 Å². The quantitative estimate of drug-likeness (QED) is 0.475. The van der Waals surface area contributed by atoms with Gasteiger partial charge in [-0.25, -0.2) is 0 Å². The lowest BCUT2D eigenvalue weighted by Crippen LogP contribution is -2.40. The van der Waals surface area contributed by atoms with Crippen molar-refractivity contribution in [2.24, 2.45) is 12.0 Å². The first-order valence-corrected chi connectivity index (χ1v) is 8.32. The summed E-state index contributed by atoms with van der Waals surface area (Å²) in [5.74, 6) is 0.853. The number of aryl methyl sites for hydroxylation is 1. The molecule has 1 heterocycles. The van der Waals surface area contributed by atoms with Gasteiger partial charge < -0.3 is 19.5 Å². The minimum absolute atomic E-state index is 0.580. The molecular weight excluding hydrogens is 324 g/mol. The molecule has 24 heavy (non-hydrogen) atoms. The van der Waals surface area contributed by atoms with E-state index in [0.29, 0.717) is 19.8 Å². The van der Waals surface area contributed by atoms with E-state index in [0.717, 1.165) is 23.1 Å². The Morgan fingerprint density at radius 1 is 1.29 bits per heavy atom. The highest BCUT2D eigenvalue weighted by Gasteiger charge is 2.07. The van der Waals surface area contributed by atoms with Crippen molar-refractivity contribution in [1.82, 2.24) is 14.8 Å². The van der Waals surface area contributed by atoms with Gasteiger partial charge in [0.05, 0.1) is 19.8 Å². The summed E-state index contributed by atoms with van der Waals surface area (Å²) in [6, 6.07) is 11.9. The third-order valence-corrected chi connectivity index (χ3v) is 3.99. The molecule has 0 radical (unpaired) electrons. The molecule has 1 aromatic heterocycles. The van der Waals surface area contributed by atoms with Crippen LogP contribution in [0.15, 0.2) is 47.6 Å². The monoisotopic (exact) mass is 348 g/mol. The van der Waals surface area contributed by atoms with Crippen LogP contribution in [0, 0.1) is 0 Å². The van der Waals surface area contributed by atoms with Crippen LogP contribution < -0.4 is 5.32 Å². The molecule has 0 saturated heterocycles. The van der Waals surface area contributed by atoms with Gasteiger partial charge in [-0.3, -0.25) is 4.99 Å². The largest absolute Gasteiger partial charge is 0.375 e. The van der Waals surface area contributed by atoms with Gasteiger partial charge in [-0.15, -0.1) is 0 Å². The fraction of sp³-hybridized carbons (Fsp3) is 0.389. The van der Waals surface area contributed by atoms with Gasteiger partial charge in [0.25, 0.3) is 0 Å². The summed E-state index contributed by atoms with van der Waals surface area (Å²) in [6.45, 7) is 2.70. The van der Waals surface area contributed by atoms with Crippen LogP contribution in [0.1, 0.15) is 11.3 Å². The maximum absolute atomic E-state index is 5.87. The molecule has 0 amide bonds. The predicted molar refractivity (Wildman–Crippen MR) is 99.3 cm³/mol. The van der Waals surface area contributed by atoms with E-state index >= 15 is 0 Å². The molecule has 0 fully saturated rings. The van der Waals surface area contributed by atoms with Gasteiger partial charge in [-0.2, -0.15) is 0 Å². The van der Waals surface area contributed by atoms with Crippen molar-refractivity contribution in [3.8, 4) is 0 Å². The number of ether oxygens (including phenoxy) is 1. The van der Waals surface area contributed by atoms with Crippen molar-refractivity contribution < 1.29 is 4.74 Å². The van der Waals surface area contributed by atoms with Gasteiger partial charge in [0.1, 0.15) is 0 Å². The molecule has 1 aromatic carbocycles. The van der Waals surface area contributed by atoms with Gasteiger partial charge in [0.2, 0.25) is 0 Å². The Morgan fingerprint density at radius 3 is 2.67 bits per heavy atom. The van der Waals surface area contributed by atoms with E-state index in [4.69, 9.17) is 16.3 Å². The Labute approximate surface area is 148 Å². The first kappa shape index (κ1) is 18.4. The van der Waals surface area contributed by atoms with E-state index in [2.05, 4.69) is 25.8 Å². The lowest BCUT2D eigenvalue weighted by Gasteiger charge is -2.22. The summed E-state index contributed by atoms with van der Waals surface area (Å²) < 4.78 is 7.79. The third kappa shape index (κ3) is 5.58. The molecule has 6 heteroatoms. The summed E-state index contributed by atoms with van der Waals surface area (Å²) >= 11 is 5.87. The minimum Gasteiger partial charge on any atom is -0.375 e. The van der Waals surface area contributed by atoms with E-state index < -0.39 is 0 Å². The molecule has 1 N–H and O–H groups in total. The number of halogens is 1. The number of rotatable bonds is 7. The standard InChI is InChI=1S/C18H25ClN4O/c1-20-18(23(3)13-17-5-4-11-22(17)2)21-10-12-24-14-15-6-8-16(19)9-7-15/h4-9,11H,10,12-14H2,1-3H3,(H,20,21). The predicted octanol–water partition coefficient (Wildman–Crippen LogP) is 2.90. The number of hydrogen-bond donors (Lipinski definition) is 1. The molecule has 130 valence electrons. The number of benzene rings is 1. The minimum atomic E-state index is 0.580. The highest BCUT2D eigenvalue weighted by atomic mass is 35.5. The summed E-state index contributed by atoms with van der Waals surface area (Å²) in [7, 11) is 5.86. The number of guanidine groups is 1. The fourth-order valence-corrected chi connectivity index (χ4v) is 2.50. The lowest BCUT2D eigenvalue weighted by molar-refractivity contribution is 0.125. The molecule has 0 atom stereocenters. The van der Waals surface area contributed by atoms with Crippen molar-refractivity contribution in [2.45, 2.75) is 13.2 Å². The zero-order valence-corrected chi connectivity index (χ0v) is 15.3. The number of aliphatic imine (C=N–C) groups is 1. The maximum atomic E-state index is 5.87. The Kier molecular flexibility index (Phi) is 7.15. The molecule has 0 spiro atoms. The third-order valence-electron chi connectivity index (χ3n) is 3.74. The van der Waals surface area contributed by atoms with Crippen molar-refractivity contribution >= 4 is 17.6 Å². The number of aromatic nitrogens is 1. The number of nitrogens with zero attached hydrogens (tertiary/aromatic N) is 3. The van der Waals surface area contributed by atoms with Gasteiger partial charge in [-0.05, 0) is 29.8 Å². The van der Waals surface area contributed by atoms with Crippen LogP contribution in [-0.2, 0) is 24.9 Å². The molecule has 5 nitrogen and oxygen atoms in total. The van der Waals surface area contributed by atoms with Gasteiger partial charge >= 0.3 is 0 Å². The van der Waals surface area contributed by atoms with Gasteiger partial charge in [0.15, 0.2) is 5.96 Å². The fourth-order valence-electron chi connectivity index (χ4n) is 2.37. The second-order valence-electron chi connectivity index (χ2n) is 5.62. The molecule has 0 aliphatic rings. The van der Waals surface area contributed by atoms with E-state index in [-0.39, 0.29) is 0 Å². The van der Waals surface area contributed by atoms with Crippen LogP contribution in [0.25, 0.3) is 0 Å². The second kappa shape index (κ2) is 9.35. The van der Waals surface area contributed by atoms with Crippen LogP contribution in [0.2, 0.25) is 5.02 Å². The van der Waals surface area contributed by atoms with E-state index in [1.165, 1.54) is 5.69 Å². The maximum Gasteiger partial charge on any atom is 0.193 e. The first-order valence-electron chi connectivity index (χ1n) is 7.94. The number of nitrogens with one attached hydrogen (secondary N) is 1. The molecule has 0 aliphatic carbocycles. The Bertz CT molecular complexity index is 651. The summed E-state index contributed by atoms with van der Waals surface area (Å²) in [5, 5.41) is 4.06. The second-order valence-corrected chi connectivity index (χ2v) is 6.06. The lowest BCUT2D eigenvalue weighted by atomic mass is 10.2. The molecule has 0 bridgehead atoms. The average molecular weight is 349 g/mol. The van der Waals surface area contributed by atoms with Gasteiger partial charge in [0, 0.05) is 44.6 Å². The summed E-state index contributed by atoms with van der Waals surface area (Å²) in [4.78, 5) is 6.41. The topological polar surface area (TPSA) is 41.8 Å². The van der Waals surface area contributed by atoms with Crippen molar-refractivity contribution in [3.05, 3.63) is 58.9 Å². The van der Waals surface area contributed by atoms with Crippen molar-refractivity contribution in [1.29, 1.82) is 0 Å². The smallest absolute Gasteiger partial charge is 0.193 e. The van der Waals surface area contributed by atoms with Crippen molar-refractivity contribution in [2.75, 3.05) is 27.2 Å². The zero-order valence-electron chi connectivity index (χ0n) is 14.5. The van der Waals surface area contributed by atoms with Gasteiger partial charge in [-0.1, -0.05) is 23.7 Å². The molecular formula is C18H25ClN4O. The summed E-state index contributed by atoms with van der Waals surface area (Å²) in [5.41, 5.74) is 2.35. The molecule has 2 rings (SSSR count). The first-order chi connectivity index (χ1) is 11.6. The Balaban J connectivity index is 1.69.